The maximum atomic E-state index is 12.5. The van der Waals surface area contributed by atoms with Crippen molar-refractivity contribution in [1.29, 1.82) is 0 Å². The molecule has 1 amide bonds. The van der Waals surface area contributed by atoms with E-state index >= 15 is 0 Å². The monoisotopic (exact) mass is 325 g/mol. The van der Waals surface area contributed by atoms with Crippen molar-refractivity contribution in [3.63, 3.8) is 0 Å². The predicted molar refractivity (Wildman–Crippen MR) is 87.3 cm³/mol. The van der Waals surface area contributed by atoms with Crippen molar-refractivity contribution in [1.82, 2.24) is 5.32 Å². The minimum Gasteiger partial charge on any atom is -0.374 e. The Hall–Kier alpha value is -0.710. The van der Waals surface area contributed by atoms with E-state index in [-0.39, 0.29) is 17.6 Å². The fraction of sp³-hybridized carbons (Fsp3) is 0.562. The van der Waals surface area contributed by atoms with E-state index in [1.807, 2.05) is 36.9 Å². The molecule has 1 aromatic carbocycles. The molecule has 2 fully saturated rings. The van der Waals surface area contributed by atoms with Crippen molar-refractivity contribution < 1.29 is 9.53 Å². The number of benzene rings is 1. The molecule has 0 bridgehead atoms. The summed E-state index contributed by atoms with van der Waals surface area (Å²) >= 11 is 8.04. The molecule has 21 heavy (non-hydrogen) atoms. The zero-order chi connectivity index (χ0) is 14.9. The van der Waals surface area contributed by atoms with Crippen LogP contribution in [0.5, 0.6) is 0 Å². The molecule has 0 radical (unpaired) electrons. The average Bonchev–Trinajstić information content (AvgIpc) is 2.89. The number of nitrogens with one attached hydrogen (secondary N) is 1. The molecule has 3 rings (SSSR count). The molecule has 1 spiro atoms. The highest BCUT2D eigenvalue weighted by atomic mass is 35.5. The number of rotatable bonds is 2. The van der Waals surface area contributed by atoms with Gasteiger partial charge in [0.2, 0.25) is 0 Å². The highest BCUT2D eigenvalue weighted by molar-refractivity contribution is 7.99. The first kappa shape index (κ1) is 15.2. The van der Waals surface area contributed by atoms with E-state index in [1.165, 1.54) is 0 Å². The predicted octanol–water partition coefficient (Wildman–Crippen LogP) is 3.43. The molecule has 0 aromatic heterocycles. The normalized spacial score (nSPS) is 28.8. The van der Waals surface area contributed by atoms with Crippen LogP contribution in [0.4, 0.5) is 0 Å². The van der Waals surface area contributed by atoms with Crippen LogP contribution in [0.2, 0.25) is 5.02 Å². The van der Waals surface area contributed by atoms with Gasteiger partial charge in [-0.15, -0.1) is 0 Å². The second-order valence-electron chi connectivity index (χ2n) is 5.91. The number of hydrogen-bond acceptors (Lipinski definition) is 3. The van der Waals surface area contributed by atoms with Gasteiger partial charge in [0.1, 0.15) is 0 Å². The fourth-order valence-electron chi connectivity index (χ4n) is 3.13. The number of amides is 1. The summed E-state index contributed by atoms with van der Waals surface area (Å²) in [6.07, 6.45) is 2.91. The molecule has 2 aliphatic rings. The first-order chi connectivity index (χ1) is 10.1. The third-order valence-electron chi connectivity index (χ3n) is 4.41. The molecular formula is C16H20ClNO2S. The summed E-state index contributed by atoms with van der Waals surface area (Å²) in [4.78, 5) is 12.5. The molecule has 1 N–H and O–H groups in total. The van der Waals surface area contributed by atoms with Crippen LogP contribution in [-0.2, 0) is 4.74 Å². The third kappa shape index (κ3) is 3.22. The highest BCUT2D eigenvalue weighted by Gasteiger charge is 2.40. The average molecular weight is 326 g/mol. The summed E-state index contributed by atoms with van der Waals surface area (Å²) in [5, 5.41) is 3.80. The molecular weight excluding hydrogens is 306 g/mol. The van der Waals surface area contributed by atoms with E-state index in [1.54, 1.807) is 0 Å². The zero-order valence-electron chi connectivity index (χ0n) is 12.2. The van der Waals surface area contributed by atoms with Crippen LogP contribution in [0.15, 0.2) is 18.2 Å². The minimum atomic E-state index is -0.0253. The number of hydrogen-bond donors (Lipinski definition) is 1. The SMILES string of the molecule is Cc1c(Cl)cccc1C(=O)N[C@@H]1CCO[C@@]2(CCSC2)C1. The molecule has 0 unspecified atom stereocenters. The lowest BCUT2D eigenvalue weighted by atomic mass is 9.89. The Morgan fingerprint density at radius 2 is 2.38 bits per heavy atom. The van der Waals surface area contributed by atoms with Gasteiger partial charge in [0.15, 0.2) is 0 Å². The maximum Gasteiger partial charge on any atom is 0.251 e. The zero-order valence-corrected chi connectivity index (χ0v) is 13.7. The van der Waals surface area contributed by atoms with Gasteiger partial charge in [-0.3, -0.25) is 4.79 Å². The Bertz CT molecular complexity index is 543. The quantitative estimate of drug-likeness (QED) is 0.905. The molecule has 0 aliphatic carbocycles. The van der Waals surface area contributed by atoms with Crippen molar-refractivity contribution in [3.8, 4) is 0 Å². The van der Waals surface area contributed by atoms with Gasteiger partial charge in [0.05, 0.1) is 5.60 Å². The Morgan fingerprint density at radius 3 is 3.14 bits per heavy atom. The second kappa shape index (κ2) is 6.19. The van der Waals surface area contributed by atoms with Crippen molar-refractivity contribution in [2.75, 3.05) is 18.1 Å². The molecule has 5 heteroatoms. The van der Waals surface area contributed by atoms with Gasteiger partial charge >= 0.3 is 0 Å². The summed E-state index contributed by atoms with van der Waals surface area (Å²) in [6.45, 7) is 2.62. The number of ether oxygens (including phenoxy) is 1. The summed E-state index contributed by atoms with van der Waals surface area (Å²) < 4.78 is 5.99. The summed E-state index contributed by atoms with van der Waals surface area (Å²) in [6, 6.07) is 5.66. The molecule has 3 nitrogen and oxygen atoms in total. The molecule has 114 valence electrons. The van der Waals surface area contributed by atoms with Crippen LogP contribution in [0.25, 0.3) is 0 Å². The molecule has 2 heterocycles. The second-order valence-corrected chi connectivity index (χ2v) is 7.42. The fourth-order valence-corrected chi connectivity index (χ4v) is 4.68. The number of carbonyl (C=O) groups excluding carboxylic acids is 1. The summed E-state index contributed by atoms with van der Waals surface area (Å²) in [5.74, 6) is 2.19. The minimum absolute atomic E-state index is 0.00968. The largest absolute Gasteiger partial charge is 0.374 e. The number of carbonyl (C=O) groups is 1. The van der Waals surface area contributed by atoms with Crippen LogP contribution in [-0.4, -0.2) is 35.7 Å². The molecule has 2 saturated heterocycles. The first-order valence-corrected chi connectivity index (χ1v) is 8.91. The van der Waals surface area contributed by atoms with Crippen molar-refractivity contribution in [2.24, 2.45) is 0 Å². The van der Waals surface area contributed by atoms with Crippen molar-refractivity contribution >= 4 is 29.3 Å². The lowest BCUT2D eigenvalue weighted by Gasteiger charge is -2.38. The summed E-state index contributed by atoms with van der Waals surface area (Å²) in [5.41, 5.74) is 1.50. The van der Waals surface area contributed by atoms with E-state index in [4.69, 9.17) is 16.3 Å². The number of thioether (sulfide) groups is 1. The van der Waals surface area contributed by atoms with Gasteiger partial charge < -0.3 is 10.1 Å². The van der Waals surface area contributed by atoms with Gasteiger partial charge in [-0.1, -0.05) is 17.7 Å². The Balaban J connectivity index is 1.68. The van der Waals surface area contributed by atoms with Gasteiger partial charge in [-0.2, -0.15) is 11.8 Å². The standard InChI is InChI=1S/C16H20ClNO2S/c1-11-13(3-2-4-14(11)17)15(19)18-12-5-7-20-16(9-12)6-8-21-10-16/h2-4,12H,5-10H2,1H3,(H,18,19)/t12-,16+/m1/s1. The number of halogens is 1. The van der Waals surface area contributed by atoms with Crippen molar-refractivity contribution in [2.45, 2.75) is 37.8 Å². The smallest absolute Gasteiger partial charge is 0.251 e. The molecule has 0 saturated carbocycles. The van der Waals surface area contributed by atoms with E-state index in [2.05, 4.69) is 5.32 Å². The first-order valence-electron chi connectivity index (χ1n) is 7.37. The Kier molecular flexibility index (Phi) is 4.48. The topological polar surface area (TPSA) is 38.3 Å². The van der Waals surface area contributed by atoms with Crippen molar-refractivity contribution in [3.05, 3.63) is 34.3 Å². The molecule has 2 atom stereocenters. The van der Waals surface area contributed by atoms with Crippen LogP contribution in [0.3, 0.4) is 0 Å². The highest BCUT2D eigenvalue weighted by Crippen LogP contribution is 2.38. The van der Waals surface area contributed by atoms with Crippen LogP contribution >= 0.6 is 23.4 Å². The van der Waals surface area contributed by atoms with Gasteiger partial charge in [0, 0.05) is 29.0 Å². The van der Waals surface area contributed by atoms with Crippen LogP contribution in [0.1, 0.15) is 35.2 Å². The third-order valence-corrected chi connectivity index (χ3v) is 6.04. The Labute approximate surface area is 134 Å². The molecule has 1 aromatic rings. The van der Waals surface area contributed by atoms with E-state index < -0.39 is 0 Å². The van der Waals surface area contributed by atoms with Crippen LogP contribution < -0.4 is 5.32 Å². The lowest BCUT2D eigenvalue weighted by Crippen LogP contribution is -2.48. The van der Waals surface area contributed by atoms with E-state index in [9.17, 15) is 4.79 Å². The van der Waals surface area contributed by atoms with Gasteiger partial charge in [-0.25, -0.2) is 0 Å². The van der Waals surface area contributed by atoms with E-state index in [0.29, 0.717) is 10.6 Å². The summed E-state index contributed by atoms with van der Waals surface area (Å²) in [7, 11) is 0. The van der Waals surface area contributed by atoms with Crippen LogP contribution in [0, 0.1) is 6.92 Å². The maximum absolute atomic E-state index is 12.5. The molecule has 2 aliphatic heterocycles. The van der Waals surface area contributed by atoms with Gasteiger partial charge in [-0.05, 0) is 49.6 Å². The lowest BCUT2D eigenvalue weighted by molar-refractivity contribution is -0.0688. The van der Waals surface area contributed by atoms with E-state index in [0.717, 1.165) is 42.9 Å². The Morgan fingerprint density at radius 1 is 1.52 bits per heavy atom. The van der Waals surface area contributed by atoms with Gasteiger partial charge in [0.25, 0.3) is 5.91 Å².